The third kappa shape index (κ3) is 3.47. The molecule has 1 heterocycles. The molecule has 19 heavy (non-hydrogen) atoms. The van der Waals surface area contributed by atoms with Gasteiger partial charge in [0.15, 0.2) is 0 Å². The van der Waals surface area contributed by atoms with Crippen molar-refractivity contribution in [3.8, 4) is 0 Å². The lowest BCUT2D eigenvalue weighted by Gasteiger charge is -2.22. The molecule has 4 heteroatoms. The van der Waals surface area contributed by atoms with Gasteiger partial charge in [-0.05, 0) is 37.6 Å². The third-order valence-corrected chi connectivity index (χ3v) is 3.68. The lowest BCUT2D eigenvalue weighted by molar-refractivity contribution is -0.119. The second kappa shape index (κ2) is 6.57. The molecule has 1 aliphatic heterocycles. The summed E-state index contributed by atoms with van der Waals surface area (Å²) in [5.74, 6) is 0.114. The van der Waals surface area contributed by atoms with Crippen molar-refractivity contribution in [3.05, 3.63) is 29.8 Å². The van der Waals surface area contributed by atoms with Gasteiger partial charge >= 0.3 is 0 Å². The zero-order chi connectivity index (χ0) is 13.7. The molecule has 1 aliphatic rings. The number of nitrogens with zero attached hydrogens (tertiary/aromatic N) is 1. The van der Waals surface area contributed by atoms with E-state index in [9.17, 15) is 4.79 Å². The van der Waals surface area contributed by atoms with Gasteiger partial charge in [-0.3, -0.25) is 4.79 Å². The maximum absolute atomic E-state index is 11.6. The number of hydrogen-bond donors (Lipinski definition) is 2. The second-order valence-corrected chi connectivity index (χ2v) is 4.97. The fourth-order valence-electron chi connectivity index (χ4n) is 2.55. The van der Waals surface area contributed by atoms with Gasteiger partial charge in [0.05, 0.1) is 6.54 Å². The van der Waals surface area contributed by atoms with E-state index in [-0.39, 0.29) is 5.91 Å². The summed E-state index contributed by atoms with van der Waals surface area (Å²) in [6.07, 6.45) is 2.07. The second-order valence-electron chi connectivity index (χ2n) is 4.97. The van der Waals surface area contributed by atoms with E-state index < -0.39 is 0 Å². The van der Waals surface area contributed by atoms with Crippen molar-refractivity contribution in [2.75, 3.05) is 31.6 Å². The zero-order valence-corrected chi connectivity index (χ0v) is 11.8. The lowest BCUT2D eigenvalue weighted by atomic mass is 10.0. The maximum Gasteiger partial charge on any atom is 0.239 e. The number of nitrogens with one attached hydrogen (secondary N) is 2. The number of carbonyl (C=O) groups excluding carboxylic acids is 1. The van der Waals surface area contributed by atoms with Crippen LogP contribution >= 0.6 is 0 Å². The summed E-state index contributed by atoms with van der Waals surface area (Å²) in [5, 5.41) is 6.21. The fourth-order valence-corrected chi connectivity index (χ4v) is 2.55. The minimum absolute atomic E-state index is 0.114. The summed E-state index contributed by atoms with van der Waals surface area (Å²) in [6.45, 7) is 4.35. The molecule has 104 valence electrons. The summed E-state index contributed by atoms with van der Waals surface area (Å²) >= 11 is 0. The van der Waals surface area contributed by atoms with Crippen LogP contribution in [0.3, 0.4) is 0 Å². The molecule has 1 aromatic rings. The molecule has 2 N–H and O–H groups in total. The van der Waals surface area contributed by atoms with E-state index in [1.165, 1.54) is 5.56 Å². The van der Waals surface area contributed by atoms with Crippen LogP contribution in [0.2, 0.25) is 0 Å². The summed E-state index contributed by atoms with van der Waals surface area (Å²) in [4.78, 5) is 13.7. The molecule has 0 aliphatic carbocycles. The molecular weight excluding hydrogens is 238 g/mol. The Morgan fingerprint density at radius 1 is 1.37 bits per heavy atom. The first-order valence-electron chi connectivity index (χ1n) is 7.03. The zero-order valence-electron chi connectivity index (χ0n) is 11.8. The van der Waals surface area contributed by atoms with Crippen molar-refractivity contribution >= 4 is 11.6 Å². The van der Waals surface area contributed by atoms with E-state index in [4.69, 9.17) is 0 Å². The van der Waals surface area contributed by atoms with E-state index in [0.29, 0.717) is 12.6 Å². The van der Waals surface area contributed by atoms with Crippen molar-refractivity contribution in [2.45, 2.75) is 25.8 Å². The van der Waals surface area contributed by atoms with Crippen LogP contribution in [0, 0.1) is 0 Å². The average molecular weight is 261 g/mol. The van der Waals surface area contributed by atoms with Crippen LogP contribution in [0.5, 0.6) is 0 Å². The third-order valence-electron chi connectivity index (χ3n) is 3.68. The number of carbonyl (C=O) groups is 1. The Kier molecular flexibility index (Phi) is 4.80. The molecule has 0 radical (unpaired) electrons. The summed E-state index contributed by atoms with van der Waals surface area (Å²) in [6, 6.07) is 8.95. The highest BCUT2D eigenvalue weighted by molar-refractivity contribution is 5.81. The van der Waals surface area contributed by atoms with Crippen LogP contribution in [0.4, 0.5) is 5.69 Å². The highest BCUT2D eigenvalue weighted by Gasteiger charge is 2.15. The molecule has 1 amide bonds. The molecule has 0 bridgehead atoms. The predicted octanol–water partition coefficient (Wildman–Crippen LogP) is 1.68. The largest absolute Gasteiger partial charge is 0.362 e. The number of amides is 1. The molecule has 1 saturated heterocycles. The maximum atomic E-state index is 11.6. The number of hydrogen-bond acceptors (Lipinski definition) is 3. The van der Waals surface area contributed by atoms with Crippen LogP contribution in [-0.2, 0) is 4.79 Å². The SMILES string of the molecule is CCC(NC)c1ccc(N2CCCNC(=O)C2)cc1. The number of rotatable bonds is 4. The van der Waals surface area contributed by atoms with Crippen LogP contribution in [0.25, 0.3) is 0 Å². The van der Waals surface area contributed by atoms with Crippen LogP contribution in [-0.4, -0.2) is 32.6 Å². The molecule has 0 saturated carbocycles. The van der Waals surface area contributed by atoms with E-state index in [2.05, 4.69) is 46.7 Å². The molecule has 1 fully saturated rings. The molecule has 0 spiro atoms. The minimum Gasteiger partial charge on any atom is -0.362 e. The Hall–Kier alpha value is -1.55. The van der Waals surface area contributed by atoms with Crippen molar-refractivity contribution < 1.29 is 4.79 Å². The van der Waals surface area contributed by atoms with Gasteiger partial charge in [-0.1, -0.05) is 19.1 Å². The lowest BCUT2D eigenvalue weighted by Crippen LogP contribution is -2.33. The Morgan fingerprint density at radius 3 is 2.74 bits per heavy atom. The first-order chi connectivity index (χ1) is 9.24. The summed E-state index contributed by atoms with van der Waals surface area (Å²) in [5.41, 5.74) is 2.43. The van der Waals surface area contributed by atoms with Gasteiger partial charge < -0.3 is 15.5 Å². The van der Waals surface area contributed by atoms with Crippen LogP contribution < -0.4 is 15.5 Å². The molecule has 0 aromatic heterocycles. The highest BCUT2D eigenvalue weighted by atomic mass is 16.2. The van der Waals surface area contributed by atoms with Crippen molar-refractivity contribution in [1.82, 2.24) is 10.6 Å². The molecular formula is C15H23N3O. The first kappa shape index (κ1) is 13.9. The van der Waals surface area contributed by atoms with Crippen molar-refractivity contribution in [1.29, 1.82) is 0 Å². The van der Waals surface area contributed by atoms with Gasteiger partial charge in [0, 0.05) is 24.8 Å². The fraction of sp³-hybridized carbons (Fsp3) is 0.533. The smallest absolute Gasteiger partial charge is 0.239 e. The Morgan fingerprint density at radius 2 is 2.11 bits per heavy atom. The van der Waals surface area contributed by atoms with Crippen molar-refractivity contribution in [2.24, 2.45) is 0 Å². The Bertz CT molecular complexity index is 412. The van der Waals surface area contributed by atoms with Gasteiger partial charge in [0.2, 0.25) is 5.91 Å². The standard InChI is InChI=1S/C15H23N3O/c1-3-14(16-2)12-5-7-13(8-6-12)18-10-4-9-17-15(19)11-18/h5-8,14,16H,3-4,9-11H2,1-2H3,(H,17,19). The number of benzene rings is 1. The van der Waals surface area contributed by atoms with E-state index in [1.54, 1.807) is 0 Å². The predicted molar refractivity (Wildman–Crippen MR) is 78.4 cm³/mol. The monoisotopic (exact) mass is 261 g/mol. The Labute approximate surface area is 115 Å². The van der Waals surface area contributed by atoms with Gasteiger partial charge in [-0.25, -0.2) is 0 Å². The highest BCUT2D eigenvalue weighted by Crippen LogP contribution is 2.21. The van der Waals surface area contributed by atoms with E-state index in [1.807, 2.05) is 7.05 Å². The molecule has 1 unspecified atom stereocenters. The van der Waals surface area contributed by atoms with Gasteiger partial charge in [0.25, 0.3) is 0 Å². The minimum atomic E-state index is 0.114. The summed E-state index contributed by atoms with van der Waals surface area (Å²) < 4.78 is 0. The van der Waals surface area contributed by atoms with Crippen LogP contribution in [0.15, 0.2) is 24.3 Å². The molecule has 1 aromatic carbocycles. The quantitative estimate of drug-likeness (QED) is 0.867. The molecule has 4 nitrogen and oxygen atoms in total. The van der Waals surface area contributed by atoms with Gasteiger partial charge in [0.1, 0.15) is 0 Å². The number of anilines is 1. The normalized spacial score (nSPS) is 17.8. The summed E-state index contributed by atoms with van der Waals surface area (Å²) in [7, 11) is 1.99. The van der Waals surface area contributed by atoms with E-state index in [0.717, 1.165) is 31.6 Å². The van der Waals surface area contributed by atoms with Gasteiger partial charge in [-0.15, -0.1) is 0 Å². The van der Waals surface area contributed by atoms with E-state index >= 15 is 0 Å². The topological polar surface area (TPSA) is 44.4 Å². The Balaban J connectivity index is 2.10. The van der Waals surface area contributed by atoms with Gasteiger partial charge in [-0.2, -0.15) is 0 Å². The van der Waals surface area contributed by atoms with Crippen molar-refractivity contribution in [3.63, 3.8) is 0 Å². The average Bonchev–Trinajstić information content (AvgIpc) is 2.66. The van der Waals surface area contributed by atoms with Crippen LogP contribution in [0.1, 0.15) is 31.4 Å². The molecule has 2 rings (SSSR count). The first-order valence-corrected chi connectivity index (χ1v) is 7.03. The molecule has 1 atom stereocenters.